The molecule has 0 bridgehead atoms. The standard InChI is InChI=1S/C21H18FNO4S/c1-15(16-10-11-20-21(12-16)27-14-26-20)23(18-7-5-6-17(22)13-18)28(24,25)19-8-3-2-4-9-19/h2-13,15H,14H2,1H3. The van der Waals surface area contributed by atoms with Crippen LogP contribution in [0.15, 0.2) is 77.7 Å². The van der Waals surface area contributed by atoms with Crippen LogP contribution >= 0.6 is 0 Å². The zero-order valence-corrected chi connectivity index (χ0v) is 15.9. The van der Waals surface area contributed by atoms with E-state index in [0.717, 1.165) is 0 Å². The van der Waals surface area contributed by atoms with Crippen LogP contribution in [0.3, 0.4) is 0 Å². The second-order valence-electron chi connectivity index (χ2n) is 6.38. The first-order valence-electron chi connectivity index (χ1n) is 8.71. The van der Waals surface area contributed by atoms with Gasteiger partial charge in [0.2, 0.25) is 6.79 Å². The van der Waals surface area contributed by atoms with Crippen molar-refractivity contribution in [2.24, 2.45) is 0 Å². The summed E-state index contributed by atoms with van der Waals surface area (Å²) in [6, 6.07) is 18.3. The predicted molar refractivity (Wildman–Crippen MR) is 103 cm³/mol. The van der Waals surface area contributed by atoms with E-state index in [1.165, 1.54) is 34.6 Å². The van der Waals surface area contributed by atoms with Crippen LogP contribution in [-0.2, 0) is 10.0 Å². The molecule has 0 amide bonds. The largest absolute Gasteiger partial charge is 0.454 e. The van der Waals surface area contributed by atoms with Crippen LogP contribution in [-0.4, -0.2) is 15.2 Å². The highest BCUT2D eigenvalue weighted by atomic mass is 32.2. The van der Waals surface area contributed by atoms with Crippen LogP contribution in [0.2, 0.25) is 0 Å². The molecule has 144 valence electrons. The predicted octanol–water partition coefficient (Wildman–Crippen LogP) is 4.51. The molecule has 3 aromatic carbocycles. The average Bonchev–Trinajstić information content (AvgIpc) is 3.16. The van der Waals surface area contributed by atoms with Crippen LogP contribution in [0.4, 0.5) is 10.1 Å². The minimum atomic E-state index is -3.94. The number of fused-ring (bicyclic) bond motifs is 1. The topological polar surface area (TPSA) is 55.8 Å². The molecule has 7 heteroatoms. The van der Waals surface area contributed by atoms with E-state index in [0.29, 0.717) is 17.1 Å². The van der Waals surface area contributed by atoms with Gasteiger partial charge in [0.05, 0.1) is 16.6 Å². The van der Waals surface area contributed by atoms with Crippen LogP contribution in [0.1, 0.15) is 18.5 Å². The van der Waals surface area contributed by atoms with Gasteiger partial charge < -0.3 is 9.47 Å². The van der Waals surface area contributed by atoms with E-state index in [1.807, 2.05) is 0 Å². The number of ether oxygens (including phenoxy) is 2. The minimum Gasteiger partial charge on any atom is -0.454 e. The van der Waals surface area contributed by atoms with Gasteiger partial charge in [0, 0.05) is 0 Å². The van der Waals surface area contributed by atoms with Crippen LogP contribution in [0.5, 0.6) is 11.5 Å². The lowest BCUT2D eigenvalue weighted by Gasteiger charge is -2.31. The summed E-state index contributed by atoms with van der Waals surface area (Å²) < 4.78 is 52.8. The lowest BCUT2D eigenvalue weighted by Crippen LogP contribution is -2.33. The van der Waals surface area contributed by atoms with Crippen molar-refractivity contribution in [1.29, 1.82) is 0 Å². The van der Waals surface area contributed by atoms with Crippen molar-refractivity contribution in [2.75, 3.05) is 11.1 Å². The van der Waals surface area contributed by atoms with Gasteiger partial charge in [-0.05, 0) is 55.0 Å². The molecule has 1 atom stereocenters. The van der Waals surface area contributed by atoms with Crippen LogP contribution in [0.25, 0.3) is 0 Å². The van der Waals surface area contributed by atoms with Gasteiger partial charge >= 0.3 is 0 Å². The maximum Gasteiger partial charge on any atom is 0.264 e. The second kappa shape index (κ2) is 7.16. The van der Waals surface area contributed by atoms with E-state index < -0.39 is 21.9 Å². The molecule has 0 saturated carbocycles. The Morgan fingerprint density at radius 3 is 2.43 bits per heavy atom. The van der Waals surface area contributed by atoms with E-state index in [1.54, 1.807) is 49.4 Å². The Bertz CT molecular complexity index is 1100. The quantitative estimate of drug-likeness (QED) is 0.633. The Hall–Kier alpha value is -3.06. The first-order chi connectivity index (χ1) is 13.5. The summed E-state index contributed by atoms with van der Waals surface area (Å²) in [5, 5.41) is 0. The third kappa shape index (κ3) is 3.29. The summed E-state index contributed by atoms with van der Waals surface area (Å²) >= 11 is 0. The minimum absolute atomic E-state index is 0.128. The summed E-state index contributed by atoms with van der Waals surface area (Å²) in [4.78, 5) is 0.131. The highest BCUT2D eigenvalue weighted by molar-refractivity contribution is 7.92. The molecule has 3 aromatic rings. The Kier molecular flexibility index (Phi) is 4.68. The molecule has 5 nitrogen and oxygen atoms in total. The first-order valence-corrected chi connectivity index (χ1v) is 10.2. The summed E-state index contributed by atoms with van der Waals surface area (Å²) in [5.41, 5.74) is 0.946. The first kappa shape index (κ1) is 18.3. The van der Waals surface area contributed by atoms with Crippen molar-refractivity contribution >= 4 is 15.7 Å². The molecule has 1 aliphatic heterocycles. The number of halogens is 1. The number of anilines is 1. The fraction of sp³-hybridized carbons (Fsp3) is 0.143. The van der Waals surface area contributed by atoms with Gasteiger partial charge in [0.1, 0.15) is 5.82 Å². The molecule has 4 rings (SSSR count). The Morgan fingerprint density at radius 1 is 0.929 bits per heavy atom. The van der Waals surface area contributed by atoms with Gasteiger partial charge in [0.25, 0.3) is 10.0 Å². The van der Waals surface area contributed by atoms with Crippen LogP contribution in [0, 0.1) is 5.82 Å². The van der Waals surface area contributed by atoms with Crippen molar-refractivity contribution in [3.05, 3.63) is 84.2 Å². The highest BCUT2D eigenvalue weighted by Crippen LogP contribution is 2.38. The van der Waals surface area contributed by atoms with Crippen molar-refractivity contribution in [3.63, 3.8) is 0 Å². The third-order valence-corrected chi connectivity index (χ3v) is 6.51. The molecular formula is C21H18FNO4S. The van der Waals surface area contributed by atoms with Crippen molar-refractivity contribution in [2.45, 2.75) is 17.9 Å². The lowest BCUT2D eigenvalue weighted by molar-refractivity contribution is 0.174. The number of rotatable bonds is 5. The second-order valence-corrected chi connectivity index (χ2v) is 8.20. The van der Waals surface area contributed by atoms with Crippen molar-refractivity contribution in [1.82, 2.24) is 0 Å². The Balaban J connectivity index is 1.83. The highest BCUT2D eigenvalue weighted by Gasteiger charge is 2.31. The molecule has 0 saturated heterocycles. The zero-order valence-electron chi connectivity index (χ0n) is 15.1. The number of hydrogen-bond donors (Lipinski definition) is 0. The van der Waals surface area contributed by atoms with Crippen LogP contribution < -0.4 is 13.8 Å². The van der Waals surface area contributed by atoms with E-state index in [2.05, 4.69) is 0 Å². The van der Waals surface area contributed by atoms with E-state index in [4.69, 9.17) is 9.47 Å². The van der Waals surface area contributed by atoms with Crippen molar-refractivity contribution < 1.29 is 22.3 Å². The van der Waals surface area contributed by atoms with Gasteiger partial charge in [-0.2, -0.15) is 0 Å². The van der Waals surface area contributed by atoms with Gasteiger partial charge in [-0.1, -0.05) is 30.3 Å². The van der Waals surface area contributed by atoms with Gasteiger partial charge in [-0.3, -0.25) is 4.31 Å². The molecule has 0 N–H and O–H groups in total. The smallest absolute Gasteiger partial charge is 0.264 e. The maximum absolute atomic E-state index is 13.9. The van der Waals surface area contributed by atoms with Crippen molar-refractivity contribution in [3.8, 4) is 11.5 Å². The van der Waals surface area contributed by atoms with Gasteiger partial charge in [0.15, 0.2) is 11.5 Å². The molecule has 28 heavy (non-hydrogen) atoms. The van der Waals surface area contributed by atoms with Gasteiger partial charge in [-0.25, -0.2) is 12.8 Å². The Morgan fingerprint density at radius 2 is 1.68 bits per heavy atom. The normalized spacial score (nSPS) is 13.9. The maximum atomic E-state index is 13.9. The molecule has 0 spiro atoms. The zero-order chi connectivity index (χ0) is 19.7. The van der Waals surface area contributed by atoms with E-state index in [-0.39, 0.29) is 17.4 Å². The molecular weight excluding hydrogens is 381 g/mol. The SMILES string of the molecule is CC(c1ccc2c(c1)OCO2)N(c1cccc(F)c1)S(=O)(=O)c1ccccc1. The lowest BCUT2D eigenvalue weighted by atomic mass is 10.1. The monoisotopic (exact) mass is 399 g/mol. The summed E-state index contributed by atoms with van der Waals surface area (Å²) in [7, 11) is -3.94. The number of nitrogens with zero attached hydrogens (tertiary/aromatic N) is 1. The van der Waals surface area contributed by atoms with Gasteiger partial charge in [-0.15, -0.1) is 0 Å². The van der Waals surface area contributed by atoms with E-state index >= 15 is 0 Å². The molecule has 0 fully saturated rings. The third-order valence-electron chi connectivity index (χ3n) is 4.59. The number of hydrogen-bond acceptors (Lipinski definition) is 4. The fourth-order valence-electron chi connectivity index (χ4n) is 3.20. The molecule has 0 radical (unpaired) electrons. The average molecular weight is 399 g/mol. The number of sulfonamides is 1. The summed E-state index contributed by atoms with van der Waals surface area (Å²) in [6.07, 6.45) is 0. The fourth-order valence-corrected chi connectivity index (χ4v) is 4.86. The summed E-state index contributed by atoms with van der Waals surface area (Å²) in [6.45, 7) is 1.88. The molecule has 1 heterocycles. The van der Waals surface area contributed by atoms with E-state index in [9.17, 15) is 12.8 Å². The molecule has 1 unspecified atom stereocenters. The number of benzene rings is 3. The Labute approximate surface area is 163 Å². The molecule has 0 aliphatic carbocycles. The molecule has 1 aliphatic rings. The summed E-state index contributed by atoms with van der Waals surface area (Å²) in [5.74, 6) is 0.656. The molecule has 0 aromatic heterocycles.